The number of benzene rings is 6. The molecule has 86 heavy (non-hydrogen) atoms. The molecular formula is C61H61ClI2N11O6S5+. The van der Waals surface area contributed by atoms with E-state index in [-0.39, 0.29) is 12.1 Å². The number of thiazole rings is 2. The van der Waals surface area contributed by atoms with Crippen LogP contribution in [0, 0.1) is 21.2 Å². The van der Waals surface area contributed by atoms with Crippen LogP contribution in [0.25, 0.3) is 77.5 Å². The van der Waals surface area contributed by atoms with Crippen LogP contribution in [0.2, 0.25) is 5.02 Å². The second-order valence-corrected chi connectivity index (χ2v) is 30.2. The lowest BCUT2D eigenvalue weighted by Crippen LogP contribution is -2.12. The molecule has 0 saturated carbocycles. The van der Waals surface area contributed by atoms with Gasteiger partial charge in [0, 0.05) is 63.5 Å². The van der Waals surface area contributed by atoms with Crippen molar-refractivity contribution in [2.24, 2.45) is 5.73 Å². The Hall–Kier alpha value is -6.37. The van der Waals surface area contributed by atoms with Crippen LogP contribution in [0.4, 0.5) is 11.4 Å². The van der Waals surface area contributed by atoms with Gasteiger partial charge in [-0.1, -0.05) is 72.3 Å². The molecule has 0 saturated heterocycles. The zero-order valence-corrected chi connectivity index (χ0v) is 57.3. The van der Waals surface area contributed by atoms with Gasteiger partial charge in [0.15, 0.2) is 29.5 Å². The lowest BCUT2D eigenvalue weighted by molar-refractivity contribution is 0.600. The van der Waals surface area contributed by atoms with E-state index in [4.69, 9.17) is 17.3 Å². The molecule has 0 bridgehead atoms. The fourth-order valence-corrected chi connectivity index (χ4v) is 12.2. The minimum Gasteiger partial charge on any atom is -0.380 e. The van der Waals surface area contributed by atoms with Gasteiger partial charge in [-0.25, -0.2) is 30.2 Å². The highest BCUT2D eigenvalue weighted by Crippen LogP contribution is 2.36. The Labute approximate surface area is 542 Å². The van der Waals surface area contributed by atoms with Gasteiger partial charge in [0.25, 0.3) is 0 Å². The van der Waals surface area contributed by atoms with E-state index in [2.05, 4.69) is 108 Å². The summed E-state index contributed by atoms with van der Waals surface area (Å²) in [6, 6.07) is 38.8. The largest absolute Gasteiger partial charge is 0.380 e. The molecule has 1 unspecified atom stereocenters. The molecule has 0 spiro atoms. The Balaban J connectivity index is 0.000000171. The van der Waals surface area contributed by atoms with E-state index in [0.717, 1.165) is 92.7 Å². The van der Waals surface area contributed by atoms with Crippen molar-refractivity contribution < 1.29 is 25.3 Å². The summed E-state index contributed by atoms with van der Waals surface area (Å²) in [5.41, 5.74) is 21.0. The molecule has 0 amide bonds. The molecule has 25 heteroatoms. The van der Waals surface area contributed by atoms with Crippen LogP contribution in [-0.2, 0) is 29.5 Å². The molecule has 0 aliphatic carbocycles. The number of aromatic nitrogens is 8. The number of nitrogens with zero attached hydrogens (tertiary/aromatic N) is 8. The number of nitrogens with one attached hydrogen (secondary N) is 2. The monoisotopic (exact) mass is 1490 g/mol. The number of rotatable bonds is 11. The Morgan fingerprint density at radius 2 is 0.837 bits per heavy atom. The molecule has 0 aliphatic rings. The molecule has 11 rings (SSSR count). The number of anilines is 2. The Kier molecular flexibility index (Phi) is 23.1. The summed E-state index contributed by atoms with van der Waals surface area (Å²) >= 11 is 13.6. The first-order valence-corrected chi connectivity index (χ1v) is 36.3. The predicted octanol–water partition coefficient (Wildman–Crippen LogP) is 14.3. The van der Waals surface area contributed by atoms with Gasteiger partial charge >= 0.3 is 0 Å². The van der Waals surface area contributed by atoms with Crippen molar-refractivity contribution >= 4 is 153 Å². The van der Waals surface area contributed by atoms with Gasteiger partial charge in [0.2, 0.25) is 0 Å². The smallest absolute Gasteiger partial charge is 0.175 e. The maximum absolute atomic E-state index is 11.7. The van der Waals surface area contributed by atoms with Crippen molar-refractivity contribution in [3.63, 3.8) is 0 Å². The summed E-state index contributed by atoms with van der Waals surface area (Å²) in [6.45, 7) is 15.6. The normalized spacial score (nSPS) is 11.8. The first-order chi connectivity index (χ1) is 40.6. The van der Waals surface area contributed by atoms with Crippen molar-refractivity contribution in [2.45, 2.75) is 74.4 Å². The Bertz CT molecular complexity index is 4470. The van der Waals surface area contributed by atoms with Crippen molar-refractivity contribution in [3.05, 3.63) is 174 Å². The number of fused-ring (bicyclic) bond motifs is 3. The van der Waals surface area contributed by atoms with E-state index in [1.165, 1.54) is 30.1 Å². The average molecular weight is 1490 g/mol. The molecule has 11 aromatic rings. The van der Waals surface area contributed by atoms with E-state index < -0.39 is 29.5 Å². The predicted molar refractivity (Wildman–Crippen MR) is 369 cm³/mol. The van der Waals surface area contributed by atoms with Gasteiger partial charge in [-0.3, -0.25) is 10.7 Å². The number of hydrogen-bond donors (Lipinski definition) is 3. The van der Waals surface area contributed by atoms with E-state index in [1.807, 2.05) is 132 Å². The van der Waals surface area contributed by atoms with Crippen LogP contribution in [0.3, 0.4) is 0 Å². The highest BCUT2D eigenvalue weighted by Gasteiger charge is 2.18. The van der Waals surface area contributed by atoms with Gasteiger partial charge < -0.3 is 10.6 Å². The molecule has 6 aromatic carbocycles. The van der Waals surface area contributed by atoms with E-state index in [1.54, 1.807) is 65.4 Å². The minimum absolute atomic E-state index is 0.0833. The van der Waals surface area contributed by atoms with Gasteiger partial charge in [-0.15, -0.1) is 53.3 Å². The minimum atomic E-state index is -3.22. The van der Waals surface area contributed by atoms with E-state index in [9.17, 15) is 25.3 Å². The zero-order chi connectivity index (χ0) is 62.7. The topological polar surface area (TPSA) is 256 Å². The third-order valence-corrected chi connectivity index (χ3v) is 19.0. The summed E-state index contributed by atoms with van der Waals surface area (Å²) in [6.07, 6.45) is 3.60. The first-order valence-electron chi connectivity index (χ1n) is 26.2. The second-order valence-electron chi connectivity index (χ2n) is 20.3. The third-order valence-electron chi connectivity index (χ3n) is 12.1. The summed E-state index contributed by atoms with van der Waals surface area (Å²) in [7, 11) is -9.59. The molecule has 1 atom stereocenters. The van der Waals surface area contributed by atoms with E-state index >= 15 is 0 Å². The molecule has 0 fully saturated rings. The SMILES string of the molecule is CC(C)Nc1c(-c2cscn2)nnc2cc(-c3ccc(S(C)(=O)=O)cc3)ccc12.CC(C)Nc1c(I)nnc2cc(-c3ccc(S(C)(=O)=O)cc3)ccc12.CS(=O)(=O)c1ccc(-c2ccc3c(Cl)c(I)nnc3c2)cc1.Cc1cscn1.[CH2+]C(C)N. The molecule has 17 nitrogen and oxygen atoms in total. The first kappa shape index (κ1) is 67.1. The highest BCUT2D eigenvalue weighted by atomic mass is 127. The van der Waals surface area contributed by atoms with Gasteiger partial charge in [0.05, 0.1) is 65.6 Å². The standard InChI is InChI=1S/C21H20N4O2S2.C18H18IN3O2S.C15H10ClIN2O2S.C4H5NS.C3H8N/c1-13(2)23-20-17-9-6-15(14-4-7-16(8-5-14)29(3,26)27)10-18(17)24-25-21(20)19-11-28-12-22-19;1-11(2)20-17-15-9-6-13(10-16(15)21-22-18(17)19)12-4-7-14(8-5-12)25(3,23)24;1-22(20,21)11-5-2-9(3-6-11)10-4-7-12-13(8-10)18-19-15(17)14(12)16;1-4-2-6-3-5-4;1-3(2)4/h4-13H,1-3H3,(H,23,24);4-11H,1-3H3,(H,20,21);2-8H,1H3;2-3H,1H3;3H,1,4H2,2H3/q;;;;+1. The Morgan fingerprint density at radius 3 is 1.20 bits per heavy atom. The highest BCUT2D eigenvalue weighted by molar-refractivity contribution is 14.1. The number of halogens is 3. The van der Waals surface area contributed by atoms with Gasteiger partial charge in [0.1, 0.15) is 24.8 Å². The number of nitrogens with two attached hydrogens (primary N) is 1. The van der Waals surface area contributed by atoms with Crippen LogP contribution >= 0.6 is 79.5 Å². The molecule has 5 aromatic heterocycles. The van der Waals surface area contributed by atoms with Crippen LogP contribution in [0.1, 0.15) is 40.3 Å². The van der Waals surface area contributed by atoms with Crippen molar-refractivity contribution in [3.8, 4) is 44.8 Å². The molecule has 0 aliphatic heterocycles. The van der Waals surface area contributed by atoms with Gasteiger partial charge in [-0.2, -0.15) is 0 Å². The number of sulfone groups is 3. The molecule has 446 valence electrons. The maximum atomic E-state index is 11.7. The fourth-order valence-electron chi connectivity index (χ4n) is 8.11. The molecule has 4 N–H and O–H groups in total. The number of hydrogen-bond acceptors (Lipinski definition) is 19. The quantitative estimate of drug-likeness (QED) is 0.0803. The van der Waals surface area contributed by atoms with Crippen LogP contribution in [-0.4, -0.2) is 103 Å². The van der Waals surface area contributed by atoms with Crippen LogP contribution in [0.5, 0.6) is 0 Å². The third kappa shape index (κ3) is 18.3. The summed E-state index contributed by atoms with van der Waals surface area (Å²) in [4.78, 5) is 9.24. The van der Waals surface area contributed by atoms with Crippen LogP contribution < -0.4 is 16.4 Å². The van der Waals surface area contributed by atoms with Crippen LogP contribution in [0.15, 0.2) is 164 Å². The second kappa shape index (κ2) is 29.6. The lowest BCUT2D eigenvalue weighted by Gasteiger charge is -2.16. The Morgan fingerprint density at radius 1 is 0.488 bits per heavy atom. The van der Waals surface area contributed by atoms with Crippen molar-refractivity contribution in [1.29, 1.82) is 0 Å². The molecule has 0 radical (unpaired) electrons. The van der Waals surface area contributed by atoms with E-state index in [0.29, 0.717) is 35.0 Å². The zero-order valence-electron chi connectivity index (χ0n) is 48.2. The molecule has 5 heterocycles. The number of aryl methyl sites for hydroxylation is 1. The summed E-state index contributed by atoms with van der Waals surface area (Å²) in [5, 5.41) is 39.9. The van der Waals surface area contributed by atoms with Crippen molar-refractivity contribution in [2.75, 3.05) is 29.4 Å². The molecular weight excluding hydrogens is 1430 g/mol. The summed E-state index contributed by atoms with van der Waals surface area (Å²) in [5.74, 6) is 0. The average Bonchev–Trinajstić information content (AvgIpc) is 2.95. The lowest BCUT2D eigenvalue weighted by atomic mass is 10.0. The summed E-state index contributed by atoms with van der Waals surface area (Å²) < 4.78 is 71.0. The van der Waals surface area contributed by atoms with Gasteiger partial charge in [-0.05, 0) is 187 Å². The maximum Gasteiger partial charge on any atom is 0.175 e. The van der Waals surface area contributed by atoms with Crippen molar-refractivity contribution in [1.82, 2.24) is 40.6 Å². The fraction of sp³-hybridized carbons (Fsp3) is 0.197.